The third-order valence-electron chi connectivity index (χ3n) is 2.14. The Morgan fingerprint density at radius 1 is 1.20 bits per heavy atom. The van der Waals surface area contributed by atoms with Gasteiger partial charge in [-0.3, -0.25) is 0 Å². The molecule has 80 valence electrons. The Hall–Kier alpha value is -0.970. The number of aromatic nitrogens is 1. The summed E-state index contributed by atoms with van der Waals surface area (Å²) >= 11 is 3.12. The molecule has 0 bridgehead atoms. The summed E-state index contributed by atoms with van der Waals surface area (Å²) in [5.41, 5.74) is 0.895. The first kappa shape index (κ1) is 10.5. The predicted molar refractivity (Wildman–Crippen MR) is 55.7 cm³/mol. The van der Waals surface area contributed by atoms with Gasteiger partial charge in [0.25, 0.3) is 0 Å². The number of hydrogen-bond donors (Lipinski definition) is 1. The monoisotopic (exact) mass is 277 g/mol. The van der Waals surface area contributed by atoms with Crippen molar-refractivity contribution >= 4 is 26.8 Å². The van der Waals surface area contributed by atoms with E-state index in [4.69, 9.17) is 0 Å². The molecule has 0 saturated carbocycles. The van der Waals surface area contributed by atoms with Crippen molar-refractivity contribution in [1.82, 2.24) is 4.98 Å². The van der Waals surface area contributed by atoms with E-state index in [2.05, 4.69) is 20.9 Å². The molecule has 0 spiro atoms. The van der Waals surface area contributed by atoms with E-state index in [1.54, 1.807) is 13.0 Å². The number of aromatic amines is 1. The summed E-state index contributed by atoms with van der Waals surface area (Å²) < 4.78 is 37.8. The lowest BCUT2D eigenvalue weighted by molar-refractivity contribution is -0.137. The van der Waals surface area contributed by atoms with Crippen LogP contribution in [0.2, 0.25) is 0 Å². The summed E-state index contributed by atoms with van der Waals surface area (Å²) in [5, 5.41) is 0.564. The molecule has 0 aliphatic heterocycles. The summed E-state index contributed by atoms with van der Waals surface area (Å²) in [6.07, 6.45) is -4.30. The average molecular weight is 278 g/mol. The van der Waals surface area contributed by atoms with E-state index in [1.165, 1.54) is 0 Å². The zero-order chi connectivity index (χ0) is 11.2. The van der Waals surface area contributed by atoms with Gasteiger partial charge in [-0.15, -0.1) is 0 Å². The third kappa shape index (κ3) is 1.88. The van der Waals surface area contributed by atoms with Crippen molar-refractivity contribution in [2.45, 2.75) is 13.1 Å². The highest BCUT2D eigenvalue weighted by atomic mass is 79.9. The van der Waals surface area contributed by atoms with Crippen LogP contribution in [0.4, 0.5) is 13.2 Å². The van der Waals surface area contributed by atoms with Crippen LogP contribution in [0.25, 0.3) is 10.9 Å². The van der Waals surface area contributed by atoms with Gasteiger partial charge in [0, 0.05) is 15.6 Å². The van der Waals surface area contributed by atoms with Gasteiger partial charge < -0.3 is 4.98 Å². The second-order valence-electron chi connectivity index (χ2n) is 3.37. The molecule has 0 amide bonds. The first-order valence-electron chi connectivity index (χ1n) is 4.24. The lowest BCUT2D eigenvalue weighted by Crippen LogP contribution is -2.04. The summed E-state index contributed by atoms with van der Waals surface area (Å²) in [4.78, 5) is 2.99. The summed E-state index contributed by atoms with van der Waals surface area (Å²) in [5.74, 6) is 0. The third-order valence-corrected chi connectivity index (χ3v) is 2.77. The Morgan fingerprint density at radius 2 is 1.87 bits per heavy atom. The molecular formula is C10H7BrF3N. The molecule has 1 aromatic carbocycles. The molecule has 2 rings (SSSR count). The standard InChI is InChI=1S/C10H7BrF3N/c1-5-2-6-3-7(10(12,13)14)4-8(11)9(6)15-5/h2-4,15H,1H3. The first-order chi connectivity index (χ1) is 6.88. The number of halogens is 4. The smallest absolute Gasteiger partial charge is 0.358 e. The molecule has 0 atom stereocenters. The molecule has 1 heterocycles. The van der Waals surface area contributed by atoms with Crippen LogP contribution in [-0.2, 0) is 6.18 Å². The number of H-pyrrole nitrogens is 1. The van der Waals surface area contributed by atoms with Crippen LogP contribution in [0.15, 0.2) is 22.7 Å². The summed E-state index contributed by atoms with van der Waals surface area (Å²) in [6, 6.07) is 3.91. The Balaban J connectivity index is 2.72. The Labute approximate surface area is 92.4 Å². The quantitative estimate of drug-likeness (QED) is 0.741. The number of rotatable bonds is 0. The summed E-state index contributed by atoms with van der Waals surface area (Å²) in [7, 11) is 0. The van der Waals surface area contributed by atoms with Gasteiger partial charge in [0.15, 0.2) is 0 Å². The average Bonchev–Trinajstić information content (AvgIpc) is 2.44. The fraction of sp³-hybridized carbons (Fsp3) is 0.200. The van der Waals surface area contributed by atoms with Gasteiger partial charge in [-0.1, -0.05) is 0 Å². The van der Waals surface area contributed by atoms with Crippen LogP contribution < -0.4 is 0 Å². The maximum absolute atomic E-state index is 12.5. The second kappa shape index (κ2) is 3.27. The van der Waals surface area contributed by atoms with E-state index in [1.807, 2.05) is 0 Å². The fourth-order valence-electron chi connectivity index (χ4n) is 1.50. The van der Waals surface area contributed by atoms with Crippen molar-refractivity contribution in [1.29, 1.82) is 0 Å². The van der Waals surface area contributed by atoms with E-state index in [9.17, 15) is 13.2 Å². The molecular weight excluding hydrogens is 271 g/mol. The van der Waals surface area contributed by atoms with E-state index in [0.717, 1.165) is 17.8 Å². The molecule has 1 nitrogen and oxygen atoms in total. The van der Waals surface area contributed by atoms with Gasteiger partial charge in [0.05, 0.1) is 11.1 Å². The van der Waals surface area contributed by atoms with Crippen LogP contribution in [-0.4, -0.2) is 4.98 Å². The van der Waals surface area contributed by atoms with Crippen molar-refractivity contribution < 1.29 is 13.2 Å². The number of alkyl halides is 3. The van der Waals surface area contributed by atoms with Gasteiger partial charge in [-0.05, 0) is 41.1 Å². The molecule has 0 saturated heterocycles. The van der Waals surface area contributed by atoms with E-state index < -0.39 is 11.7 Å². The van der Waals surface area contributed by atoms with Crippen LogP contribution in [0, 0.1) is 6.92 Å². The second-order valence-corrected chi connectivity index (χ2v) is 4.23. The molecule has 0 aliphatic rings. The maximum atomic E-state index is 12.5. The zero-order valence-corrected chi connectivity index (χ0v) is 9.33. The van der Waals surface area contributed by atoms with Crippen molar-refractivity contribution in [3.05, 3.63) is 33.9 Å². The van der Waals surface area contributed by atoms with Gasteiger partial charge in [0.2, 0.25) is 0 Å². The Morgan fingerprint density at radius 3 is 2.47 bits per heavy atom. The number of benzene rings is 1. The van der Waals surface area contributed by atoms with Gasteiger partial charge in [-0.25, -0.2) is 0 Å². The van der Waals surface area contributed by atoms with E-state index in [0.29, 0.717) is 15.4 Å². The largest absolute Gasteiger partial charge is 0.416 e. The molecule has 15 heavy (non-hydrogen) atoms. The fourth-order valence-corrected chi connectivity index (χ4v) is 2.08. The summed E-state index contributed by atoms with van der Waals surface area (Å²) in [6.45, 7) is 1.81. The number of nitrogens with one attached hydrogen (secondary N) is 1. The Bertz CT molecular complexity index is 513. The molecule has 0 radical (unpaired) electrons. The maximum Gasteiger partial charge on any atom is 0.416 e. The SMILES string of the molecule is Cc1cc2cc(C(F)(F)F)cc(Br)c2[nH]1. The van der Waals surface area contributed by atoms with Gasteiger partial charge >= 0.3 is 6.18 Å². The molecule has 1 N–H and O–H groups in total. The van der Waals surface area contributed by atoms with Crippen molar-refractivity contribution in [2.75, 3.05) is 0 Å². The minimum absolute atomic E-state index is 0.431. The molecule has 5 heteroatoms. The van der Waals surface area contributed by atoms with Crippen LogP contribution in [0.5, 0.6) is 0 Å². The van der Waals surface area contributed by atoms with Gasteiger partial charge in [0.1, 0.15) is 0 Å². The lowest BCUT2D eigenvalue weighted by atomic mass is 10.1. The molecule has 0 aliphatic carbocycles. The minimum atomic E-state index is -4.30. The first-order valence-corrected chi connectivity index (χ1v) is 5.03. The number of aryl methyl sites for hydroxylation is 1. The molecule has 2 aromatic rings. The molecule has 1 aromatic heterocycles. The van der Waals surface area contributed by atoms with E-state index in [-0.39, 0.29) is 0 Å². The van der Waals surface area contributed by atoms with Crippen molar-refractivity contribution in [3.63, 3.8) is 0 Å². The van der Waals surface area contributed by atoms with Crippen LogP contribution in [0.3, 0.4) is 0 Å². The van der Waals surface area contributed by atoms with Gasteiger partial charge in [-0.2, -0.15) is 13.2 Å². The van der Waals surface area contributed by atoms with Crippen molar-refractivity contribution in [2.24, 2.45) is 0 Å². The highest BCUT2D eigenvalue weighted by Crippen LogP contribution is 2.35. The number of fused-ring (bicyclic) bond motifs is 1. The van der Waals surface area contributed by atoms with Crippen molar-refractivity contribution in [3.8, 4) is 0 Å². The van der Waals surface area contributed by atoms with Crippen LogP contribution >= 0.6 is 15.9 Å². The highest BCUT2D eigenvalue weighted by molar-refractivity contribution is 9.10. The highest BCUT2D eigenvalue weighted by Gasteiger charge is 2.31. The molecule has 0 fully saturated rings. The normalized spacial score (nSPS) is 12.3. The zero-order valence-electron chi connectivity index (χ0n) is 7.74. The molecule has 0 unspecified atom stereocenters. The number of hydrogen-bond acceptors (Lipinski definition) is 0. The lowest BCUT2D eigenvalue weighted by Gasteiger charge is -2.07. The van der Waals surface area contributed by atoms with E-state index >= 15 is 0 Å². The topological polar surface area (TPSA) is 15.8 Å². The Kier molecular flexibility index (Phi) is 2.30. The predicted octanol–water partition coefficient (Wildman–Crippen LogP) is 4.26. The van der Waals surface area contributed by atoms with Crippen LogP contribution in [0.1, 0.15) is 11.3 Å². The minimum Gasteiger partial charge on any atom is -0.358 e.